The summed E-state index contributed by atoms with van der Waals surface area (Å²) < 4.78 is 5.41. The minimum absolute atomic E-state index is 0.496. The summed E-state index contributed by atoms with van der Waals surface area (Å²) >= 11 is 5.88. The highest BCUT2D eigenvalue weighted by atomic mass is 35.5. The molecule has 0 amide bonds. The number of rotatable bonds is 2. The summed E-state index contributed by atoms with van der Waals surface area (Å²) in [5.74, 6) is 6.79. The Morgan fingerprint density at radius 2 is 2.00 bits per heavy atom. The maximum atomic E-state index is 5.88. The maximum Gasteiger partial charge on any atom is 0.161 e. The first-order chi connectivity index (χ1) is 9.28. The Bertz CT molecular complexity index is 583. The predicted octanol–water partition coefficient (Wildman–Crippen LogP) is 2.16. The predicted molar refractivity (Wildman–Crippen MR) is 73.6 cm³/mol. The van der Waals surface area contributed by atoms with Crippen molar-refractivity contribution in [3.63, 3.8) is 0 Å². The standard InChI is InChI=1S/C13H13ClN4O/c14-9-3-1-8(2-4-9)12-16-11-5-6-19-7-10(11)13(17-12)18-15/h1-4H,5-7,15H2,(H,16,17,18). The molecule has 0 radical (unpaired) electrons. The molecule has 19 heavy (non-hydrogen) atoms. The normalized spacial score (nSPS) is 14.0. The lowest BCUT2D eigenvalue weighted by atomic mass is 10.1. The SMILES string of the molecule is NNc1nc(-c2ccc(Cl)cc2)nc2c1COCC2. The Labute approximate surface area is 115 Å². The molecule has 1 aromatic carbocycles. The Balaban J connectivity index is 2.09. The summed E-state index contributed by atoms with van der Waals surface area (Å²) in [6, 6.07) is 7.42. The average Bonchev–Trinajstić information content (AvgIpc) is 2.47. The van der Waals surface area contributed by atoms with Gasteiger partial charge in [-0.2, -0.15) is 0 Å². The van der Waals surface area contributed by atoms with Gasteiger partial charge in [-0.25, -0.2) is 15.8 Å². The van der Waals surface area contributed by atoms with Crippen LogP contribution in [0.2, 0.25) is 5.02 Å². The summed E-state index contributed by atoms with van der Waals surface area (Å²) in [6.45, 7) is 1.17. The Kier molecular flexibility index (Phi) is 3.33. The summed E-state index contributed by atoms with van der Waals surface area (Å²) in [6.07, 6.45) is 0.771. The first-order valence-corrected chi connectivity index (χ1v) is 6.36. The van der Waals surface area contributed by atoms with E-state index in [0.717, 1.165) is 23.2 Å². The van der Waals surface area contributed by atoms with E-state index in [2.05, 4.69) is 15.4 Å². The third-order valence-electron chi connectivity index (χ3n) is 3.06. The topological polar surface area (TPSA) is 73.1 Å². The van der Waals surface area contributed by atoms with E-state index in [9.17, 15) is 0 Å². The van der Waals surface area contributed by atoms with E-state index in [-0.39, 0.29) is 0 Å². The first kappa shape index (κ1) is 12.3. The number of nitrogens with two attached hydrogens (primary N) is 1. The molecule has 5 nitrogen and oxygen atoms in total. The van der Waals surface area contributed by atoms with Crippen LogP contribution in [-0.2, 0) is 17.8 Å². The highest BCUT2D eigenvalue weighted by Gasteiger charge is 2.18. The van der Waals surface area contributed by atoms with Crippen molar-refractivity contribution in [3.8, 4) is 11.4 Å². The van der Waals surface area contributed by atoms with Crippen LogP contribution in [0.15, 0.2) is 24.3 Å². The van der Waals surface area contributed by atoms with Crippen LogP contribution < -0.4 is 11.3 Å². The number of hydrogen-bond acceptors (Lipinski definition) is 5. The van der Waals surface area contributed by atoms with Gasteiger partial charge in [-0.15, -0.1) is 0 Å². The van der Waals surface area contributed by atoms with Crippen LogP contribution in [0.5, 0.6) is 0 Å². The van der Waals surface area contributed by atoms with E-state index in [1.165, 1.54) is 0 Å². The molecule has 0 spiro atoms. The van der Waals surface area contributed by atoms with Gasteiger partial charge in [0.25, 0.3) is 0 Å². The molecule has 2 heterocycles. The fraction of sp³-hybridized carbons (Fsp3) is 0.231. The number of fused-ring (bicyclic) bond motifs is 1. The van der Waals surface area contributed by atoms with Crippen molar-refractivity contribution in [2.24, 2.45) is 5.84 Å². The molecule has 0 saturated heterocycles. The smallest absolute Gasteiger partial charge is 0.161 e. The van der Waals surface area contributed by atoms with Gasteiger partial charge in [0.05, 0.1) is 18.9 Å². The number of benzene rings is 1. The zero-order valence-electron chi connectivity index (χ0n) is 10.2. The van der Waals surface area contributed by atoms with Gasteiger partial charge in [-0.05, 0) is 24.3 Å². The average molecular weight is 277 g/mol. The van der Waals surface area contributed by atoms with Crippen molar-refractivity contribution in [1.82, 2.24) is 9.97 Å². The lowest BCUT2D eigenvalue weighted by Gasteiger charge is -2.19. The van der Waals surface area contributed by atoms with Crippen LogP contribution in [0.1, 0.15) is 11.3 Å². The molecule has 0 fully saturated rings. The molecule has 2 aromatic rings. The lowest BCUT2D eigenvalue weighted by molar-refractivity contribution is 0.109. The van der Waals surface area contributed by atoms with E-state index >= 15 is 0 Å². The van der Waals surface area contributed by atoms with Gasteiger partial charge in [0.15, 0.2) is 5.82 Å². The molecule has 0 atom stereocenters. The third kappa shape index (κ3) is 2.40. The van der Waals surface area contributed by atoms with Gasteiger partial charge in [0.1, 0.15) is 5.82 Å². The molecule has 0 saturated carbocycles. The van der Waals surface area contributed by atoms with Gasteiger partial charge >= 0.3 is 0 Å². The Hall–Kier alpha value is -1.69. The number of hydrazine groups is 1. The summed E-state index contributed by atoms with van der Waals surface area (Å²) in [5.41, 5.74) is 5.45. The van der Waals surface area contributed by atoms with Crippen LogP contribution in [0, 0.1) is 0 Å². The fourth-order valence-corrected chi connectivity index (χ4v) is 2.21. The van der Waals surface area contributed by atoms with Gasteiger partial charge in [0, 0.05) is 22.6 Å². The highest BCUT2D eigenvalue weighted by molar-refractivity contribution is 6.30. The van der Waals surface area contributed by atoms with E-state index in [1.54, 1.807) is 0 Å². The first-order valence-electron chi connectivity index (χ1n) is 5.98. The zero-order chi connectivity index (χ0) is 13.2. The van der Waals surface area contributed by atoms with Crippen LogP contribution in [-0.4, -0.2) is 16.6 Å². The molecule has 0 bridgehead atoms. The van der Waals surface area contributed by atoms with Crippen LogP contribution in [0.3, 0.4) is 0 Å². The van der Waals surface area contributed by atoms with Gasteiger partial charge in [-0.1, -0.05) is 11.6 Å². The summed E-state index contributed by atoms with van der Waals surface area (Å²) in [4.78, 5) is 9.03. The number of ether oxygens (including phenoxy) is 1. The Morgan fingerprint density at radius 3 is 2.74 bits per heavy atom. The van der Waals surface area contributed by atoms with Crippen molar-refractivity contribution in [3.05, 3.63) is 40.5 Å². The molecule has 0 unspecified atom stereocenters. The molecule has 98 valence electrons. The zero-order valence-corrected chi connectivity index (χ0v) is 10.9. The molecule has 1 aliphatic heterocycles. The summed E-state index contributed by atoms with van der Waals surface area (Å²) in [5, 5.41) is 0.687. The van der Waals surface area contributed by atoms with Crippen LogP contribution in [0.25, 0.3) is 11.4 Å². The fourth-order valence-electron chi connectivity index (χ4n) is 2.08. The largest absolute Gasteiger partial charge is 0.376 e. The third-order valence-corrected chi connectivity index (χ3v) is 3.31. The number of nitrogens with one attached hydrogen (secondary N) is 1. The number of hydrogen-bond donors (Lipinski definition) is 2. The van der Waals surface area contributed by atoms with E-state index < -0.39 is 0 Å². The number of aromatic nitrogens is 2. The number of nitrogen functional groups attached to an aromatic ring is 1. The van der Waals surface area contributed by atoms with E-state index in [0.29, 0.717) is 29.9 Å². The monoisotopic (exact) mass is 276 g/mol. The quantitative estimate of drug-likeness (QED) is 0.649. The van der Waals surface area contributed by atoms with Crippen LogP contribution >= 0.6 is 11.6 Å². The van der Waals surface area contributed by atoms with E-state index in [1.807, 2.05) is 24.3 Å². The van der Waals surface area contributed by atoms with Crippen LogP contribution in [0.4, 0.5) is 5.82 Å². The minimum Gasteiger partial charge on any atom is -0.376 e. The number of halogens is 1. The van der Waals surface area contributed by atoms with Crippen molar-refractivity contribution in [1.29, 1.82) is 0 Å². The second-order valence-corrected chi connectivity index (χ2v) is 4.71. The molecule has 3 N–H and O–H groups in total. The Morgan fingerprint density at radius 1 is 1.21 bits per heavy atom. The van der Waals surface area contributed by atoms with Crippen molar-refractivity contribution < 1.29 is 4.74 Å². The molecular weight excluding hydrogens is 264 g/mol. The minimum atomic E-state index is 0.496. The molecule has 3 rings (SSSR count). The van der Waals surface area contributed by atoms with Crippen molar-refractivity contribution >= 4 is 17.4 Å². The maximum absolute atomic E-state index is 5.88. The van der Waals surface area contributed by atoms with Gasteiger partial charge in [0.2, 0.25) is 0 Å². The van der Waals surface area contributed by atoms with Gasteiger partial charge in [-0.3, -0.25) is 0 Å². The number of nitrogens with zero attached hydrogens (tertiary/aromatic N) is 2. The molecule has 1 aromatic heterocycles. The molecule has 6 heteroatoms. The molecular formula is C13H13ClN4O. The van der Waals surface area contributed by atoms with Gasteiger partial charge < -0.3 is 10.2 Å². The summed E-state index contributed by atoms with van der Waals surface area (Å²) in [7, 11) is 0. The second kappa shape index (κ2) is 5.13. The molecule has 1 aliphatic rings. The number of anilines is 1. The molecule has 0 aliphatic carbocycles. The van der Waals surface area contributed by atoms with Crippen molar-refractivity contribution in [2.45, 2.75) is 13.0 Å². The highest BCUT2D eigenvalue weighted by Crippen LogP contribution is 2.26. The lowest BCUT2D eigenvalue weighted by Crippen LogP contribution is -2.19. The second-order valence-electron chi connectivity index (χ2n) is 4.27. The van der Waals surface area contributed by atoms with E-state index in [4.69, 9.17) is 22.2 Å². The van der Waals surface area contributed by atoms with Crippen molar-refractivity contribution in [2.75, 3.05) is 12.0 Å².